The van der Waals surface area contributed by atoms with E-state index in [1.54, 1.807) is 37.4 Å². The molecular formula is C15H15FN2O. The molecule has 0 bridgehead atoms. The first kappa shape index (κ1) is 13.1. The number of halogens is 1. The first-order chi connectivity index (χ1) is 8.99. The molecule has 0 unspecified atom stereocenters. The second kappa shape index (κ2) is 5.10. The fourth-order valence-electron chi connectivity index (χ4n) is 1.75. The average Bonchev–Trinajstić information content (AvgIpc) is 2.41. The molecule has 19 heavy (non-hydrogen) atoms. The van der Waals surface area contributed by atoms with Crippen molar-refractivity contribution >= 4 is 17.3 Å². The Bertz CT molecular complexity index is 608. The number of rotatable bonds is 2. The topological polar surface area (TPSA) is 46.3 Å². The van der Waals surface area contributed by atoms with Crippen LogP contribution in [0.1, 0.15) is 15.9 Å². The molecule has 98 valence electrons. The Kier molecular flexibility index (Phi) is 3.51. The Morgan fingerprint density at radius 2 is 1.79 bits per heavy atom. The van der Waals surface area contributed by atoms with Crippen LogP contribution in [0.15, 0.2) is 42.5 Å². The molecule has 2 rings (SSSR count). The molecule has 0 aliphatic rings. The number of nitrogens with two attached hydrogens (primary N) is 1. The molecule has 0 aliphatic carbocycles. The number of benzene rings is 2. The molecule has 0 radical (unpaired) electrons. The predicted molar refractivity (Wildman–Crippen MR) is 74.7 cm³/mol. The molecule has 0 saturated heterocycles. The number of hydrogen-bond donors (Lipinski definition) is 1. The van der Waals surface area contributed by atoms with Crippen LogP contribution in [0.5, 0.6) is 0 Å². The number of amides is 1. The average molecular weight is 258 g/mol. The smallest absolute Gasteiger partial charge is 0.258 e. The van der Waals surface area contributed by atoms with Crippen molar-refractivity contribution in [1.82, 2.24) is 0 Å². The van der Waals surface area contributed by atoms with Gasteiger partial charge in [0.2, 0.25) is 0 Å². The van der Waals surface area contributed by atoms with Crippen LogP contribution in [0.25, 0.3) is 0 Å². The van der Waals surface area contributed by atoms with E-state index in [0.717, 1.165) is 5.56 Å². The highest BCUT2D eigenvalue weighted by Crippen LogP contribution is 2.18. The van der Waals surface area contributed by atoms with Gasteiger partial charge in [-0.1, -0.05) is 6.07 Å². The third-order valence-electron chi connectivity index (χ3n) is 3.04. The molecular weight excluding hydrogens is 243 g/mol. The molecule has 0 spiro atoms. The van der Waals surface area contributed by atoms with E-state index in [-0.39, 0.29) is 11.7 Å². The van der Waals surface area contributed by atoms with E-state index in [1.807, 2.05) is 6.92 Å². The summed E-state index contributed by atoms with van der Waals surface area (Å²) in [4.78, 5) is 13.7. The summed E-state index contributed by atoms with van der Waals surface area (Å²) in [5, 5.41) is 0. The summed E-state index contributed by atoms with van der Waals surface area (Å²) in [5.74, 6) is -0.512. The number of carbonyl (C=O) groups is 1. The Morgan fingerprint density at radius 3 is 2.37 bits per heavy atom. The molecule has 2 aromatic carbocycles. The molecule has 1 amide bonds. The second-order valence-corrected chi connectivity index (χ2v) is 4.41. The van der Waals surface area contributed by atoms with E-state index in [1.165, 1.54) is 17.0 Å². The molecule has 2 N–H and O–H groups in total. The molecule has 0 aromatic heterocycles. The number of hydrogen-bond acceptors (Lipinski definition) is 2. The van der Waals surface area contributed by atoms with Crippen molar-refractivity contribution in [3.8, 4) is 0 Å². The fourth-order valence-corrected chi connectivity index (χ4v) is 1.75. The molecule has 4 heteroatoms. The quantitative estimate of drug-likeness (QED) is 0.842. The maximum atomic E-state index is 12.9. The third-order valence-corrected chi connectivity index (χ3v) is 3.04. The highest BCUT2D eigenvalue weighted by Gasteiger charge is 2.14. The van der Waals surface area contributed by atoms with Gasteiger partial charge in [0.05, 0.1) is 0 Å². The summed E-state index contributed by atoms with van der Waals surface area (Å²) in [6.45, 7) is 1.88. The number of anilines is 2. The van der Waals surface area contributed by atoms with Crippen LogP contribution in [-0.2, 0) is 0 Å². The van der Waals surface area contributed by atoms with Gasteiger partial charge in [-0.05, 0) is 48.9 Å². The van der Waals surface area contributed by atoms with Gasteiger partial charge in [0.15, 0.2) is 0 Å². The van der Waals surface area contributed by atoms with E-state index in [0.29, 0.717) is 16.9 Å². The summed E-state index contributed by atoms with van der Waals surface area (Å²) in [6.07, 6.45) is 0. The van der Waals surface area contributed by atoms with Crippen molar-refractivity contribution in [3.05, 3.63) is 59.4 Å². The fraction of sp³-hybridized carbons (Fsp3) is 0.133. The van der Waals surface area contributed by atoms with Gasteiger partial charge >= 0.3 is 0 Å². The molecule has 0 atom stereocenters. The molecule has 2 aromatic rings. The minimum Gasteiger partial charge on any atom is -0.398 e. The number of carbonyl (C=O) groups excluding carboxylic acids is 1. The summed E-state index contributed by atoms with van der Waals surface area (Å²) < 4.78 is 12.9. The SMILES string of the molecule is Cc1ccc(C(=O)N(C)c2ccc(F)cc2)cc1N. The number of nitrogens with zero attached hydrogens (tertiary/aromatic N) is 1. The molecule has 3 nitrogen and oxygen atoms in total. The predicted octanol–water partition coefficient (Wildman–Crippen LogP) is 2.99. The van der Waals surface area contributed by atoms with Gasteiger partial charge in [0.1, 0.15) is 5.82 Å². The van der Waals surface area contributed by atoms with Gasteiger partial charge in [-0.2, -0.15) is 0 Å². The summed E-state index contributed by atoms with van der Waals surface area (Å²) in [7, 11) is 1.64. The molecule has 0 saturated carbocycles. The van der Waals surface area contributed by atoms with Crippen LogP contribution in [0, 0.1) is 12.7 Å². The lowest BCUT2D eigenvalue weighted by atomic mass is 10.1. The van der Waals surface area contributed by atoms with Gasteiger partial charge in [-0.25, -0.2) is 4.39 Å². The van der Waals surface area contributed by atoms with E-state index < -0.39 is 0 Å². The zero-order chi connectivity index (χ0) is 14.0. The van der Waals surface area contributed by atoms with Gasteiger partial charge in [0, 0.05) is 24.0 Å². The standard InChI is InChI=1S/C15H15FN2O/c1-10-3-4-11(9-14(10)17)15(19)18(2)13-7-5-12(16)6-8-13/h3-9H,17H2,1-2H3. The van der Waals surface area contributed by atoms with Crippen LogP contribution < -0.4 is 10.6 Å². The lowest BCUT2D eigenvalue weighted by molar-refractivity contribution is 0.0993. The first-order valence-electron chi connectivity index (χ1n) is 5.89. The highest BCUT2D eigenvalue weighted by atomic mass is 19.1. The van der Waals surface area contributed by atoms with E-state index >= 15 is 0 Å². The second-order valence-electron chi connectivity index (χ2n) is 4.41. The zero-order valence-electron chi connectivity index (χ0n) is 10.9. The molecule has 0 fully saturated rings. The van der Waals surface area contributed by atoms with Crippen LogP contribution in [0.2, 0.25) is 0 Å². The Labute approximate surface area is 111 Å². The summed E-state index contributed by atoms with van der Waals surface area (Å²) in [6, 6.07) is 11.0. The Balaban J connectivity index is 2.28. The lowest BCUT2D eigenvalue weighted by Gasteiger charge is -2.17. The first-order valence-corrected chi connectivity index (χ1v) is 5.89. The van der Waals surface area contributed by atoms with Crippen molar-refractivity contribution in [3.63, 3.8) is 0 Å². The zero-order valence-corrected chi connectivity index (χ0v) is 10.9. The largest absolute Gasteiger partial charge is 0.398 e. The molecule has 0 aliphatic heterocycles. The normalized spacial score (nSPS) is 10.3. The van der Waals surface area contributed by atoms with Crippen LogP contribution in [0.4, 0.5) is 15.8 Å². The summed E-state index contributed by atoms with van der Waals surface area (Å²) >= 11 is 0. The Morgan fingerprint density at radius 1 is 1.16 bits per heavy atom. The maximum Gasteiger partial charge on any atom is 0.258 e. The van der Waals surface area contributed by atoms with Crippen molar-refractivity contribution < 1.29 is 9.18 Å². The van der Waals surface area contributed by atoms with Gasteiger partial charge in [-0.3, -0.25) is 4.79 Å². The summed E-state index contributed by atoms with van der Waals surface area (Å²) in [5.41, 5.74) is 8.45. The van der Waals surface area contributed by atoms with E-state index in [9.17, 15) is 9.18 Å². The van der Waals surface area contributed by atoms with E-state index in [4.69, 9.17) is 5.73 Å². The third kappa shape index (κ3) is 2.73. The van der Waals surface area contributed by atoms with Gasteiger partial charge < -0.3 is 10.6 Å². The Hall–Kier alpha value is -2.36. The maximum absolute atomic E-state index is 12.9. The van der Waals surface area contributed by atoms with E-state index in [2.05, 4.69) is 0 Å². The van der Waals surface area contributed by atoms with Crippen LogP contribution in [0.3, 0.4) is 0 Å². The minimum absolute atomic E-state index is 0.182. The van der Waals surface area contributed by atoms with Crippen LogP contribution in [-0.4, -0.2) is 13.0 Å². The minimum atomic E-state index is -0.329. The van der Waals surface area contributed by atoms with Crippen molar-refractivity contribution in [1.29, 1.82) is 0 Å². The number of aryl methyl sites for hydroxylation is 1. The van der Waals surface area contributed by atoms with Gasteiger partial charge in [0.25, 0.3) is 5.91 Å². The highest BCUT2D eigenvalue weighted by molar-refractivity contribution is 6.06. The monoisotopic (exact) mass is 258 g/mol. The molecule has 0 heterocycles. The van der Waals surface area contributed by atoms with Crippen molar-refractivity contribution in [2.45, 2.75) is 6.92 Å². The van der Waals surface area contributed by atoms with Crippen molar-refractivity contribution in [2.75, 3.05) is 17.7 Å². The lowest BCUT2D eigenvalue weighted by Crippen LogP contribution is -2.26. The van der Waals surface area contributed by atoms with Crippen LogP contribution >= 0.6 is 0 Å². The van der Waals surface area contributed by atoms with Crippen molar-refractivity contribution in [2.24, 2.45) is 0 Å². The number of nitrogen functional groups attached to an aromatic ring is 1. The van der Waals surface area contributed by atoms with Gasteiger partial charge in [-0.15, -0.1) is 0 Å².